The van der Waals surface area contributed by atoms with Gasteiger partial charge in [0.05, 0.1) is 0 Å². The van der Waals surface area contributed by atoms with Crippen LogP contribution in [-0.4, -0.2) is 11.6 Å². The lowest BCUT2D eigenvalue weighted by Gasteiger charge is -2.10. The molecule has 3 heteroatoms. The van der Waals surface area contributed by atoms with Crippen LogP contribution in [0.25, 0.3) is 0 Å². The molecule has 0 aliphatic rings. The van der Waals surface area contributed by atoms with Crippen molar-refractivity contribution in [3.63, 3.8) is 0 Å². The van der Waals surface area contributed by atoms with Crippen LogP contribution < -0.4 is 0 Å². The van der Waals surface area contributed by atoms with Gasteiger partial charge in [0.25, 0.3) is 0 Å². The van der Waals surface area contributed by atoms with Crippen molar-refractivity contribution in [2.75, 3.05) is 6.54 Å². The van der Waals surface area contributed by atoms with Crippen LogP contribution in [-0.2, 0) is 0 Å². The minimum absolute atomic E-state index is 0.896. The van der Waals surface area contributed by atoms with Crippen molar-refractivity contribution in [3.05, 3.63) is 25.6 Å². The zero-order valence-electron chi connectivity index (χ0n) is 9.86. The molecule has 0 aromatic carbocycles. The Morgan fingerprint density at radius 2 is 1.73 bits per heavy atom. The Hall–Kier alpha value is -1.12. The van der Waals surface area contributed by atoms with Gasteiger partial charge < -0.3 is 0 Å². The van der Waals surface area contributed by atoms with Gasteiger partial charge in [-0.3, -0.25) is 5.01 Å². The first-order valence-corrected chi connectivity index (χ1v) is 5.76. The third-order valence-electron chi connectivity index (χ3n) is 2.20. The Balaban J connectivity index is 3.42. The first kappa shape index (κ1) is 13.9. The Labute approximate surface area is 93.6 Å². The van der Waals surface area contributed by atoms with Gasteiger partial charge in [-0.05, 0) is 6.42 Å². The summed E-state index contributed by atoms with van der Waals surface area (Å²) in [6.07, 6.45) is 10.8. The molecule has 0 heterocycles. The van der Waals surface area contributed by atoms with Crippen molar-refractivity contribution in [2.45, 2.75) is 45.4 Å². The van der Waals surface area contributed by atoms with E-state index in [1.165, 1.54) is 38.3 Å². The van der Waals surface area contributed by atoms with E-state index in [2.05, 4.69) is 30.4 Å². The van der Waals surface area contributed by atoms with Gasteiger partial charge in [-0.1, -0.05) is 57.4 Å². The molecule has 0 unspecified atom stereocenters. The fourth-order valence-corrected chi connectivity index (χ4v) is 1.33. The summed E-state index contributed by atoms with van der Waals surface area (Å²) in [7, 11) is 0. The minimum atomic E-state index is 0.896. The zero-order chi connectivity index (χ0) is 11.4. The highest BCUT2D eigenvalue weighted by Gasteiger charge is 1.95. The van der Waals surface area contributed by atoms with E-state index in [0.29, 0.717) is 0 Å². The third kappa shape index (κ3) is 9.19. The molecule has 0 spiro atoms. The molecular weight excluding hydrogens is 186 g/mol. The van der Waals surface area contributed by atoms with Crippen LogP contribution in [0.15, 0.2) is 35.9 Å². The highest BCUT2D eigenvalue weighted by molar-refractivity contribution is 4.67. The molecule has 0 N–H and O–H groups in total. The molecule has 0 rings (SSSR count). The first-order chi connectivity index (χ1) is 7.35. The maximum Gasteiger partial charge on any atom is 0.0441 e. The first-order valence-electron chi connectivity index (χ1n) is 5.76. The summed E-state index contributed by atoms with van der Waals surface area (Å²) >= 11 is 0. The monoisotopic (exact) mass is 209 g/mol. The van der Waals surface area contributed by atoms with Crippen molar-refractivity contribution in [1.82, 2.24) is 5.01 Å². The molecule has 0 bridgehead atoms. The average molecular weight is 209 g/mol. The van der Waals surface area contributed by atoms with Crippen LogP contribution >= 0.6 is 0 Å². The van der Waals surface area contributed by atoms with E-state index in [1.54, 1.807) is 11.2 Å². The topological polar surface area (TPSA) is 28.0 Å². The summed E-state index contributed by atoms with van der Waals surface area (Å²) in [5.41, 5.74) is 0. The zero-order valence-corrected chi connectivity index (χ0v) is 9.86. The summed E-state index contributed by atoms with van der Waals surface area (Å²) in [4.78, 5) is 0. The fraction of sp³-hybridized carbons (Fsp3) is 0.667. The van der Waals surface area contributed by atoms with Crippen LogP contribution in [0.4, 0.5) is 0 Å². The Bertz CT molecular complexity index is 187. The molecule has 0 aromatic rings. The molecular formula is C12H23N3. The number of unbranched alkanes of at least 4 members (excludes halogenated alkanes) is 5. The second-order valence-electron chi connectivity index (χ2n) is 3.50. The summed E-state index contributed by atoms with van der Waals surface area (Å²) in [6.45, 7) is 10.3. The van der Waals surface area contributed by atoms with Crippen LogP contribution in [0.5, 0.6) is 0 Å². The molecule has 0 aliphatic carbocycles. The largest absolute Gasteiger partial charge is 0.255 e. The molecule has 3 nitrogen and oxygen atoms in total. The van der Waals surface area contributed by atoms with Gasteiger partial charge in [0, 0.05) is 18.9 Å². The second-order valence-corrected chi connectivity index (χ2v) is 3.50. The van der Waals surface area contributed by atoms with Gasteiger partial charge in [-0.15, -0.1) is 5.11 Å². The summed E-state index contributed by atoms with van der Waals surface area (Å²) in [5, 5.41) is 9.38. The van der Waals surface area contributed by atoms with Crippen molar-refractivity contribution >= 4 is 0 Å². The lowest BCUT2D eigenvalue weighted by atomic mass is 10.1. The minimum Gasteiger partial charge on any atom is -0.255 e. The van der Waals surface area contributed by atoms with Crippen molar-refractivity contribution < 1.29 is 0 Å². The van der Waals surface area contributed by atoms with E-state index in [9.17, 15) is 0 Å². The quantitative estimate of drug-likeness (QED) is 0.299. The molecule has 0 amide bonds. The average Bonchev–Trinajstić information content (AvgIpc) is 2.27. The van der Waals surface area contributed by atoms with E-state index in [-0.39, 0.29) is 0 Å². The Morgan fingerprint density at radius 3 is 2.33 bits per heavy atom. The van der Waals surface area contributed by atoms with Gasteiger partial charge in [0.1, 0.15) is 0 Å². The summed E-state index contributed by atoms with van der Waals surface area (Å²) in [5.74, 6) is 0. The van der Waals surface area contributed by atoms with E-state index in [1.807, 2.05) is 0 Å². The maximum atomic E-state index is 3.92. The van der Waals surface area contributed by atoms with E-state index < -0.39 is 0 Å². The highest BCUT2D eigenvalue weighted by Crippen LogP contribution is 2.06. The summed E-state index contributed by atoms with van der Waals surface area (Å²) < 4.78 is 0. The molecule has 0 atom stereocenters. The SMILES string of the molecule is C=C/N=N\N(C=C)CCCCCCCC. The lowest BCUT2D eigenvalue weighted by molar-refractivity contribution is 0.360. The van der Waals surface area contributed by atoms with Gasteiger partial charge >= 0.3 is 0 Å². The van der Waals surface area contributed by atoms with Gasteiger partial charge in [-0.25, -0.2) is 0 Å². The molecule has 0 radical (unpaired) electrons. The molecule has 0 saturated heterocycles. The highest BCUT2D eigenvalue weighted by atomic mass is 15.5. The normalized spacial score (nSPS) is 10.5. The predicted octanol–water partition coefficient (Wildman–Crippen LogP) is 4.30. The predicted molar refractivity (Wildman–Crippen MR) is 65.3 cm³/mol. The van der Waals surface area contributed by atoms with Crippen molar-refractivity contribution in [2.24, 2.45) is 10.3 Å². The molecule has 0 aliphatic heterocycles. The smallest absolute Gasteiger partial charge is 0.0441 e. The standard InChI is InChI=1S/C12H23N3/c1-4-7-8-9-10-11-12-15(6-3)14-13-5-2/h5-6H,2-4,7-12H2,1H3/b14-13-. The fourth-order valence-electron chi connectivity index (χ4n) is 1.33. The van der Waals surface area contributed by atoms with Crippen LogP contribution in [0.2, 0.25) is 0 Å². The molecule has 15 heavy (non-hydrogen) atoms. The number of rotatable bonds is 10. The molecule has 0 saturated carbocycles. The number of hydrogen-bond donors (Lipinski definition) is 0. The van der Waals surface area contributed by atoms with Crippen LogP contribution in [0.1, 0.15) is 45.4 Å². The van der Waals surface area contributed by atoms with Gasteiger partial charge in [0.15, 0.2) is 0 Å². The van der Waals surface area contributed by atoms with E-state index >= 15 is 0 Å². The third-order valence-corrected chi connectivity index (χ3v) is 2.20. The van der Waals surface area contributed by atoms with Crippen LogP contribution in [0.3, 0.4) is 0 Å². The Kier molecular flexibility index (Phi) is 10.1. The summed E-state index contributed by atoms with van der Waals surface area (Å²) in [6, 6.07) is 0. The Morgan fingerprint density at radius 1 is 1.07 bits per heavy atom. The lowest BCUT2D eigenvalue weighted by Crippen LogP contribution is -2.09. The maximum absolute atomic E-state index is 3.92. The molecule has 0 fully saturated rings. The molecule has 0 aromatic heterocycles. The number of hydrogen-bond acceptors (Lipinski definition) is 2. The van der Waals surface area contributed by atoms with Crippen molar-refractivity contribution in [3.8, 4) is 0 Å². The molecule has 86 valence electrons. The van der Waals surface area contributed by atoms with Gasteiger partial charge in [0.2, 0.25) is 0 Å². The van der Waals surface area contributed by atoms with Gasteiger partial charge in [-0.2, -0.15) is 0 Å². The second kappa shape index (κ2) is 11.0. The van der Waals surface area contributed by atoms with E-state index in [0.717, 1.165) is 13.0 Å². The number of nitrogens with zero attached hydrogens (tertiary/aromatic N) is 3. The van der Waals surface area contributed by atoms with Crippen LogP contribution in [0, 0.1) is 0 Å². The van der Waals surface area contributed by atoms with Crippen molar-refractivity contribution in [1.29, 1.82) is 0 Å². The van der Waals surface area contributed by atoms with E-state index in [4.69, 9.17) is 0 Å².